The minimum Gasteiger partial charge on any atom is -0.508 e. The van der Waals surface area contributed by atoms with Crippen molar-refractivity contribution in [3.05, 3.63) is 30.0 Å². The van der Waals surface area contributed by atoms with Crippen LogP contribution < -0.4 is 0 Å². The van der Waals surface area contributed by atoms with Crippen LogP contribution in [-0.4, -0.2) is 15.5 Å². The number of rotatable bonds is 3. The topological polar surface area (TPSA) is 42.2 Å². The van der Waals surface area contributed by atoms with E-state index in [4.69, 9.17) is 0 Å². The fourth-order valence-corrected chi connectivity index (χ4v) is 2.03. The lowest BCUT2D eigenvalue weighted by Crippen LogP contribution is -1.95. The molecule has 0 bridgehead atoms. The monoisotopic (exact) mass is 217 g/mol. The molecule has 2 aromatic rings. The van der Waals surface area contributed by atoms with Crippen LogP contribution in [0.1, 0.15) is 19.4 Å². The van der Waals surface area contributed by atoms with E-state index in [-0.39, 0.29) is 11.5 Å². The number of carbonyl (C=O) groups excluding carboxylic acids is 1. The van der Waals surface area contributed by atoms with Crippen molar-refractivity contribution in [1.82, 2.24) is 4.57 Å². The summed E-state index contributed by atoms with van der Waals surface area (Å²) in [6, 6.07) is 5.27. The van der Waals surface area contributed by atoms with Crippen molar-refractivity contribution >= 4 is 16.7 Å². The first kappa shape index (κ1) is 10.7. The lowest BCUT2D eigenvalue weighted by Gasteiger charge is -2.00. The Balaban J connectivity index is 2.63. The number of Topliss-reactive ketones (excluding diaryl/α,β-unsaturated/α-hetero) is 1. The molecule has 2 rings (SSSR count). The third-order valence-corrected chi connectivity index (χ3v) is 2.73. The average molecular weight is 217 g/mol. The molecule has 84 valence electrons. The molecule has 0 atom stereocenters. The third kappa shape index (κ3) is 1.81. The van der Waals surface area contributed by atoms with Gasteiger partial charge in [0, 0.05) is 30.6 Å². The predicted octanol–water partition coefficient (Wildman–Crippen LogP) is 2.50. The van der Waals surface area contributed by atoms with Gasteiger partial charge < -0.3 is 9.67 Å². The summed E-state index contributed by atoms with van der Waals surface area (Å²) >= 11 is 0. The van der Waals surface area contributed by atoms with Gasteiger partial charge >= 0.3 is 0 Å². The molecular weight excluding hydrogens is 202 g/mol. The van der Waals surface area contributed by atoms with Gasteiger partial charge in [0.15, 0.2) is 0 Å². The number of aromatic hydroxyl groups is 1. The van der Waals surface area contributed by atoms with Crippen molar-refractivity contribution in [1.29, 1.82) is 0 Å². The summed E-state index contributed by atoms with van der Waals surface area (Å²) in [6.45, 7) is 4.47. The number of aromatic nitrogens is 1. The molecule has 3 heteroatoms. The third-order valence-electron chi connectivity index (χ3n) is 2.73. The van der Waals surface area contributed by atoms with Gasteiger partial charge in [0.2, 0.25) is 0 Å². The Kier molecular flexibility index (Phi) is 2.69. The van der Waals surface area contributed by atoms with E-state index in [9.17, 15) is 9.90 Å². The Labute approximate surface area is 94.3 Å². The first-order valence-electron chi connectivity index (χ1n) is 5.42. The van der Waals surface area contributed by atoms with Gasteiger partial charge in [-0.3, -0.25) is 4.79 Å². The lowest BCUT2D eigenvalue weighted by molar-refractivity contribution is -0.116. The Bertz CT molecular complexity index is 540. The van der Waals surface area contributed by atoms with Crippen LogP contribution in [0.4, 0.5) is 0 Å². The van der Waals surface area contributed by atoms with E-state index in [2.05, 4.69) is 0 Å². The van der Waals surface area contributed by atoms with Gasteiger partial charge in [0.1, 0.15) is 11.5 Å². The number of nitrogens with zero attached hydrogens (tertiary/aromatic N) is 1. The number of phenolic OH excluding ortho intramolecular Hbond substituents is 1. The molecule has 0 aliphatic heterocycles. The number of fused-ring (bicyclic) bond motifs is 1. The molecule has 1 N–H and O–H groups in total. The van der Waals surface area contributed by atoms with Crippen LogP contribution in [0.25, 0.3) is 10.9 Å². The molecule has 0 amide bonds. The maximum absolute atomic E-state index is 11.2. The zero-order chi connectivity index (χ0) is 11.7. The Morgan fingerprint density at radius 2 is 2.19 bits per heavy atom. The van der Waals surface area contributed by atoms with Crippen LogP contribution in [0.2, 0.25) is 0 Å². The average Bonchev–Trinajstić information content (AvgIpc) is 2.55. The smallest absolute Gasteiger partial charge is 0.134 e. The Morgan fingerprint density at radius 3 is 2.81 bits per heavy atom. The Morgan fingerprint density at radius 1 is 1.44 bits per heavy atom. The lowest BCUT2D eigenvalue weighted by atomic mass is 10.1. The molecule has 1 aromatic heterocycles. The van der Waals surface area contributed by atoms with Crippen LogP contribution >= 0.6 is 0 Å². The quantitative estimate of drug-likeness (QED) is 0.858. The summed E-state index contributed by atoms with van der Waals surface area (Å²) < 4.78 is 2.05. The van der Waals surface area contributed by atoms with Gasteiger partial charge in [-0.05, 0) is 31.5 Å². The normalized spacial score (nSPS) is 10.9. The summed E-state index contributed by atoms with van der Waals surface area (Å²) in [5, 5.41) is 10.5. The minimum absolute atomic E-state index is 0.156. The van der Waals surface area contributed by atoms with Crippen LogP contribution in [0.3, 0.4) is 0 Å². The molecular formula is C13H15NO2. The van der Waals surface area contributed by atoms with Crippen LogP contribution in [0.5, 0.6) is 5.75 Å². The number of hydrogen-bond donors (Lipinski definition) is 1. The zero-order valence-electron chi connectivity index (χ0n) is 9.53. The fourth-order valence-electron chi connectivity index (χ4n) is 2.03. The number of hydrogen-bond acceptors (Lipinski definition) is 2. The van der Waals surface area contributed by atoms with Crippen LogP contribution in [0.15, 0.2) is 24.4 Å². The van der Waals surface area contributed by atoms with Crippen molar-refractivity contribution in [2.45, 2.75) is 26.8 Å². The number of ketones is 1. The first-order valence-corrected chi connectivity index (χ1v) is 5.42. The van der Waals surface area contributed by atoms with Gasteiger partial charge in [-0.1, -0.05) is 0 Å². The predicted molar refractivity (Wildman–Crippen MR) is 63.7 cm³/mol. The van der Waals surface area contributed by atoms with Gasteiger partial charge in [0.25, 0.3) is 0 Å². The van der Waals surface area contributed by atoms with E-state index in [0.29, 0.717) is 6.42 Å². The molecule has 16 heavy (non-hydrogen) atoms. The van der Waals surface area contributed by atoms with Crippen molar-refractivity contribution in [2.75, 3.05) is 0 Å². The zero-order valence-corrected chi connectivity index (χ0v) is 9.53. The highest BCUT2D eigenvalue weighted by Crippen LogP contribution is 2.25. The Hall–Kier alpha value is -1.77. The van der Waals surface area contributed by atoms with E-state index < -0.39 is 0 Å². The second-order valence-electron chi connectivity index (χ2n) is 4.02. The van der Waals surface area contributed by atoms with Gasteiger partial charge in [-0.15, -0.1) is 0 Å². The summed E-state index contributed by atoms with van der Waals surface area (Å²) in [5.74, 6) is 0.415. The SMILES string of the molecule is CCn1cc(CC(C)=O)c2ccc(O)cc21. The second-order valence-corrected chi connectivity index (χ2v) is 4.02. The van der Waals surface area contributed by atoms with Crippen molar-refractivity contribution in [2.24, 2.45) is 0 Å². The summed E-state index contributed by atoms with van der Waals surface area (Å²) in [7, 11) is 0. The molecule has 1 aromatic carbocycles. The number of aryl methyl sites for hydroxylation is 1. The van der Waals surface area contributed by atoms with E-state index in [1.54, 1.807) is 19.1 Å². The molecule has 0 radical (unpaired) electrons. The highest BCUT2D eigenvalue weighted by molar-refractivity contribution is 5.90. The first-order chi connectivity index (χ1) is 7.61. The fraction of sp³-hybridized carbons (Fsp3) is 0.308. The summed E-state index contributed by atoms with van der Waals surface area (Å²) in [5.41, 5.74) is 2.02. The van der Waals surface area contributed by atoms with E-state index in [0.717, 1.165) is 23.0 Å². The van der Waals surface area contributed by atoms with Gasteiger partial charge in [-0.25, -0.2) is 0 Å². The summed E-state index contributed by atoms with van der Waals surface area (Å²) in [4.78, 5) is 11.2. The number of benzene rings is 1. The van der Waals surface area contributed by atoms with Crippen molar-refractivity contribution in [3.63, 3.8) is 0 Å². The molecule has 0 spiro atoms. The van der Waals surface area contributed by atoms with E-state index in [1.807, 2.05) is 23.8 Å². The molecule has 1 heterocycles. The van der Waals surface area contributed by atoms with Crippen molar-refractivity contribution < 1.29 is 9.90 Å². The maximum atomic E-state index is 11.2. The molecule has 0 unspecified atom stereocenters. The molecule has 0 saturated carbocycles. The molecule has 3 nitrogen and oxygen atoms in total. The standard InChI is InChI=1S/C13H15NO2/c1-3-14-8-10(6-9(2)15)12-5-4-11(16)7-13(12)14/h4-5,7-8,16H,3,6H2,1-2H3. The molecule has 0 saturated heterocycles. The summed E-state index contributed by atoms with van der Waals surface area (Å²) in [6.07, 6.45) is 2.44. The highest BCUT2D eigenvalue weighted by atomic mass is 16.3. The highest BCUT2D eigenvalue weighted by Gasteiger charge is 2.09. The number of carbonyl (C=O) groups is 1. The second kappa shape index (κ2) is 4.00. The minimum atomic E-state index is 0.156. The van der Waals surface area contributed by atoms with Crippen LogP contribution in [-0.2, 0) is 17.8 Å². The van der Waals surface area contributed by atoms with Gasteiger partial charge in [-0.2, -0.15) is 0 Å². The van der Waals surface area contributed by atoms with Gasteiger partial charge in [0.05, 0.1) is 5.52 Å². The largest absolute Gasteiger partial charge is 0.508 e. The van der Waals surface area contributed by atoms with E-state index >= 15 is 0 Å². The number of phenols is 1. The molecule has 0 aliphatic carbocycles. The van der Waals surface area contributed by atoms with Crippen LogP contribution in [0, 0.1) is 0 Å². The molecule has 0 fully saturated rings. The van der Waals surface area contributed by atoms with E-state index in [1.165, 1.54) is 0 Å². The molecule has 0 aliphatic rings. The van der Waals surface area contributed by atoms with Crippen molar-refractivity contribution in [3.8, 4) is 5.75 Å². The maximum Gasteiger partial charge on any atom is 0.134 e.